The number of halogens is 4. The summed E-state index contributed by atoms with van der Waals surface area (Å²) in [6.07, 6.45) is 10.4. The maximum absolute atomic E-state index is 7.52. The summed E-state index contributed by atoms with van der Waals surface area (Å²) in [5, 5.41) is 2.15. The SMILES string of the molecule is C.C.[C-]#[N+]c1ccc(C2CCCc3cnc(C)n32)cc1Oc1ccc(Cl)cc1Cl.[C-]#[N+]c1ccc(C2CCCc3cnc(C)n32)cc1Sc1ccc(Cl)cc1Cl. The Hall–Kier alpha value is -4.41. The predicted octanol–water partition coefficient (Wildman–Crippen LogP) is 15.2. The van der Waals surface area contributed by atoms with E-state index in [1.807, 2.05) is 55.7 Å². The molecule has 0 saturated carbocycles. The van der Waals surface area contributed by atoms with Crippen LogP contribution in [-0.2, 0) is 12.8 Å². The van der Waals surface area contributed by atoms with E-state index in [2.05, 4.69) is 47.8 Å². The lowest BCUT2D eigenvalue weighted by Gasteiger charge is -2.28. The molecule has 6 aromatic rings. The highest BCUT2D eigenvalue weighted by molar-refractivity contribution is 7.99. The molecule has 56 heavy (non-hydrogen) atoms. The van der Waals surface area contributed by atoms with Crippen LogP contribution >= 0.6 is 58.2 Å². The summed E-state index contributed by atoms with van der Waals surface area (Å²) in [5.74, 6) is 3.02. The zero-order chi connectivity index (χ0) is 37.9. The Kier molecular flexibility index (Phi) is 14.3. The lowest BCUT2D eigenvalue weighted by Crippen LogP contribution is -2.19. The van der Waals surface area contributed by atoms with Crippen molar-refractivity contribution in [3.8, 4) is 11.5 Å². The number of fused-ring (bicyclic) bond motifs is 2. The van der Waals surface area contributed by atoms with Crippen molar-refractivity contribution in [2.45, 2.75) is 89.1 Å². The summed E-state index contributed by atoms with van der Waals surface area (Å²) >= 11 is 26.1. The van der Waals surface area contributed by atoms with Crippen molar-refractivity contribution in [2.75, 3.05) is 0 Å². The number of hydrogen-bond donors (Lipinski definition) is 0. The molecule has 0 N–H and O–H groups in total. The lowest BCUT2D eigenvalue weighted by atomic mass is 9.95. The van der Waals surface area contributed by atoms with Gasteiger partial charge in [0.15, 0.2) is 0 Å². The zero-order valence-corrected chi connectivity index (χ0v) is 33.3. The van der Waals surface area contributed by atoms with Crippen LogP contribution in [0, 0.1) is 27.0 Å². The van der Waals surface area contributed by atoms with Crippen molar-refractivity contribution in [3.63, 3.8) is 0 Å². The average molecular weight is 845 g/mol. The summed E-state index contributed by atoms with van der Waals surface area (Å²) in [5.41, 5.74) is 5.92. The molecule has 288 valence electrons. The smallest absolute Gasteiger partial charge is 0.228 e. The molecule has 0 bridgehead atoms. The van der Waals surface area contributed by atoms with Crippen molar-refractivity contribution in [1.82, 2.24) is 19.1 Å². The first kappa shape index (κ1) is 42.7. The molecule has 8 rings (SSSR count). The average Bonchev–Trinajstić information content (AvgIpc) is 3.76. The summed E-state index contributed by atoms with van der Waals surface area (Å²) in [7, 11) is 0. The number of aromatic nitrogens is 4. The topological polar surface area (TPSA) is 53.6 Å². The first-order chi connectivity index (χ1) is 26.1. The van der Waals surface area contributed by atoms with Crippen LogP contribution in [0.25, 0.3) is 9.69 Å². The Morgan fingerprint density at radius 3 is 1.73 bits per heavy atom. The van der Waals surface area contributed by atoms with Crippen LogP contribution in [0.4, 0.5) is 11.4 Å². The number of hydrogen-bond acceptors (Lipinski definition) is 4. The number of aryl methyl sites for hydroxylation is 4. The van der Waals surface area contributed by atoms with Gasteiger partial charge in [-0.2, -0.15) is 0 Å². The zero-order valence-electron chi connectivity index (χ0n) is 29.5. The molecule has 0 spiro atoms. The molecule has 2 aromatic heterocycles. The van der Waals surface area contributed by atoms with E-state index in [-0.39, 0.29) is 26.9 Å². The third-order valence-corrected chi connectivity index (χ3v) is 12.1. The van der Waals surface area contributed by atoms with Gasteiger partial charge in [0.25, 0.3) is 0 Å². The van der Waals surface area contributed by atoms with E-state index < -0.39 is 0 Å². The molecule has 2 atom stereocenters. The predicted molar refractivity (Wildman–Crippen MR) is 232 cm³/mol. The van der Waals surface area contributed by atoms with Gasteiger partial charge in [-0.25, -0.2) is 19.7 Å². The number of nitrogens with zero attached hydrogens (tertiary/aromatic N) is 6. The lowest BCUT2D eigenvalue weighted by molar-refractivity contribution is 0.444. The summed E-state index contributed by atoms with van der Waals surface area (Å²) in [4.78, 5) is 18.1. The first-order valence-electron chi connectivity index (χ1n) is 17.5. The van der Waals surface area contributed by atoms with E-state index in [1.165, 1.54) is 28.7 Å². The van der Waals surface area contributed by atoms with Crippen LogP contribution in [0.2, 0.25) is 20.1 Å². The fourth-order valence-electron chi connectivity index (χ4n) is 7.24. The molecule has 4 aromatic carbocycles. The Labute approximate surface area is 354 Å². The van der Waals surface area contributed by atoms with Crippen molar-refractivity contribution in [2.24, 2.45) is 0 Å². The van der Waals surface area contributed by atoms with Gasteiger partial charge >= 0.3 is 0 Å². The Balaban J connectivity index is 0.000000207. The summed E-state index contributed by atoms with van der Waals surface area (Å²) in [6.45, 7) is 19.1. The third kappa shape index (κ3) is 9.07. The highest BCUT2D eigenvalue weighted by Crippen LogP contribution is 2.43. The second-order valence-corrected chi connectivity index (χ2v) is 16.0. The van der Waals surface area contributed by atoms with E-state index in [0.717, 1.165) is 65.5 Å². The van der Waals surface area contributed by atoms with E-state index in [1.54, 1.807) is 24.3 Å². The van der Waals surface area contributed by atoms with Crippen molar-refractivity contribution < 1.29 is 4.74 Å². The van der Waals surface area contributed by atoms with Crippen molar-refractivity contribution in [1.29, 1.82) is 0 Å². The van der Waals surface area contributed by atoms with Gasteiger partial charge in [-0.1, -0.05) is 91.6 Å². The Morgan fingerprint density at radius 2 is 1.18 bits per heavy atom. The van der Waals surface area contributed by atoms with E-state index in [0.29, 0.717) is 43.0 Å². The van der Waals surface area contributed by atoms with Gasteiger partial charge in [0, 0.05) is 43.6 Å². The minimum atomic E-state index is 0. The minimum absolute atomic E-state index is 0. The van der Waals surface area contributed by atoms with Gasteiger partial charge in [-0.05, 0) is 106 Å². The molecule has 0 saturated heterocycles. The van der Waals surface area contributed by atoms with Gasteiger partial charge in [0.1, 0.15) is 23.1 Å². The minimum Gasteiger partial charge on any atom is -0.467 e. The van der Waals surface area contributed by atoms with Gasteiger partial charge in [0.05, 0.1) is 35.3 Å². The van der Waals surface area contributed by atoms with Crippen LogP contribution in [0.15, 0.2) is 95.0 Å². The van der Waals surface area contributed by atoms with Crippen molar-refractivity contribution in [3.05, 3.63) is 162 Å². The quantitative estimate of drug-likeness (QED) is 0.157. The molecule has 0 fully saturated rings. The summed E-state index contributed by atoms with van der Waals surface area (Å²) < 4.78 is 10.6. The molecular formula is C44H42Cl4N6OS. The second-order valence-electron chi connectivity index (χ2n) is 13.2. The molecule has 7 nitrogen and oxygen atoms in total. The highest BCUT2D eigenvalue weighted by atomic mass is 35.5. The van der Waals surface area contributed by atoms with Crippen LogP contribution in [0.5, 0.6) is 11.5 Å². The Bertz CT molecular complexity index is 2280. The number of rotatable bonds is 6. The molecule has 2 unspecified atom stereocenters. The van der Waals surface area contributed by atoms with Gasteiger partial charge in [0.2, 0.25) is 11.4 Å². The van der Waals surface area contributed by atoms with Crippen LogP contribution in [0.3, 0.4) is 0 Å². The maximum Gasteiger partial charge on any atom is 0.228 e. The van der Waals surface area contributed by atoms with E-state index in [9.17, 15) is 0 Å². The fraction of sp³-hybridized carbons (Fsp3) is 0.273. The number of ether oxygens (including phenoxy) is 1. The molecular weight excluding hydrogens is 802 g/mol. The fourth-order valence-corrected chi connectivity index (χ4v) is 9.16. The second kappa shape index (κ2) is 18.7. The third-order valence-electron chi connectivity index (χ3n) is 9.77. The van der Waals surface area contributed by atoms with E-state index >= 15 is 0 Å². The molecule has 0 radical (unpaired) electrons. The van der Waals surface area contributed by atoms with E-state index in [4.69, 9.17) is 64.3 Å². The van der Waals surface area contributed by atoms with Crippen LogP contribution < -0.4 is 4.74 Å². The molecule has 0 aliphatic carbocycles. The normalized spacial score (nSPS) is 15.4. The number of imidazole rings is 2. The van der Waals surface area contributed by atoms with Crippen molar-refractivity contribution >= 4 is 69.5 Å². The largest absolute Gasteiger partial charge is 0.467 e. The summed E-state index contributed by atoms with van der Waals surface area (Å²) in [6, 6.07) is 22.8. The molecule has 2 aliphatic rings. The standard InChI is InChI=1S/C21H17Cl2N3O.C21H17Cl2N3S.2CH4/c2*1-13-25-12-16-4-3-5-19(26(13)16)14-6-8-18(24-2)21(10-14)27-20-9-7-15(22)11-17(20)23;;/h2*6-12,19H,3-5H2,1H3;2*1H4. The van der Waals surface area contributed by atoms with Gasteiger partial charge < -0.3 is 13.9 Å². The maximum atomic E-state index is 7.52. The van der Waals surface area contributed by atoms with Gasteiger partial charge in [-0.15, -0.1) is 11.8 Å². The molecule has 2 aliphatic heterocycles. The highest BCUT2D eigenvalue weighted by Gasteiger charge is 2.26. The first-order valence-corrected chi connectivity index (χ1v) is 19.8. The molecule has 4 heterocycles. The van der Waals surface area contributed by atoms with Gasteiger partial charge in [-0.3, -0.25) is 0 Å². The molecule has 12 heteroatoms. The molecule has 0 amide bonds. The van der Waals surface area contributed by atoms with Crippen LogP contribution in [-0.4, -0.2) is 19.1 Å². The van der Waals surface area contributed by atoms with Crippen LogP contribution in [0.1, 0.15) is 86.8 Å². The Morgan fingerprint density at radius 1 is 0.643 bits per heavy atom. The monoisotopic (exact) mass is 842 g/mol. The number of benzene rings is 4.